The number of carbonyl (C=O) groups excluding carboxylic acids is 2. The molecule has 1 aliphatic rings. The third-order valence-corrected chi connectivity index (χ3v) is 3.91. The lowest BCUT2D eigenvalue weighted by Crippen LogP contribution is -2.25. The first-order valence-corrected chi connectivity index (χ1v) is 7.96. The third-order valence-electron chi connectivity index (χ3n) is 3.38. The minimum atomic E-state index is -0.495. The molecule has 0 saturated heterocycles. The summed E-state index contributed by atoms with van der Waals surface area (Å²) in [5.74, 6) is 0.749. The highest BCUT2D eigenvalue weighted by molar-refractivity contribution is 9.10. The molecule has 0 aliphatic carbocycles. The van der Waals surface area contributed by atoms with E-state index in [2.05, 4.69) is 15.9 Å². The van der Waals surface area contributed by atoms with Gasteiger partial charge in [-0.15, -0.1) is 0 Å². The standard InChI is InChI=1S/C18H14BrNO4/c1-20(2)18(22)23-13-7-8-14-15(10-13)24-16(17(14)21)9-11-3-5-12(19)6-4-11/h3-10H,1-2H3. The molecule has 0 fully saturated rings. The Morgan fingerprint density at radius 3 is 2.54 bits per heavy atom. The number of rotatable bonds is 2. The summed E-state index contributed by atoms with van der Waals surface area (Å²) in [7, 11) is 3.18. The average Bonchev–Trinajstić information content (AvgIpc) is 2.85. The van der Waals surface area contributed by atoms with Crippen LogP contribution in [0.3, 0.4) is 0 Å². The summed E-state index contributed by atoms with van der Waals surface area (Å²) in [4.78, 5) is 25.3. The molecule has 1 aliphatic heterocycles. The largest absolute Gasteiger partial charge is 0.452 e. The minimum absolute atomic E-state index is 0.196. The predicted molar refractivity (Wildman–Crippen MR) is 93.2 cm³/mol. The highest BCUT2D eigenvalue weighted by atomic mass is 79.9. The molecule has 5 nitrogen and oxygen atoms in total. The molecule has 0 saturated carbocycles. The van der Waals surface area contributed by atoms with E-state index in [1.165, 1.54) is 11.0 Å². The second-order valence-electron chi connectivity index (χ2n) is 5.41. The van der Waals surface area contributed by atoms with E-state index in [0.717, 1.165) is 10.0 Å². The molecule has 24 heavy (non-hydrogen) atoms. The van der Waals surface area contributed by atoms with Crippen LogP contribution in [0.5, 0.6) is 11.5 Å². The number of benzene rings is 2. The SMILES string of the molecule is CN(C)C(=O)Oc1ccc2c(c1)OC(=Cc1ccc(Br)cc1)C2=O. The first kappa shape index (κ1) is 16.3. The summed E-state index contributed by atoms with van der Waals surface area (Å²) in [5.41, 5.74) is 1.30. The number of ether oxygens (including phenoxy) is 2. The maximum Gasteiger partial charge on any atom is 0.414 e. The topological polar surface area (TPSA) is 55.8 Å². The normalized spacial score (nSPS) is 14.3. The molecule has 2 aromatic rings. The fraction of sp³-hybridized carbons (Fsp3) is 0.111. The summed E-state index contributed by atoms with van der Waals surface area (Å²) in [5, 5.41) is 0. The quantitative estimate of drug-likeness (QED) is 0.727. The van der Waals surface area contributed by atoms with Gasteiger partial charge >= 0.3 is 6.09 Å². The number of Topliss-reactive ketones (excluding diaryl/α,β-unsaturated/α-hetero) is 1. The molecule has 1 heterocycles. The van der Waals surface area contributed by atoms with Gasteiger partial charge < -0.3 is 14.4 Å². The number of hydrogen-bond acceptors (Lipinski definition) is 4. The van der Waals surface area contributed by atoms with Crippen LogP contribution in [0.1, 0.15) is 15.9 Å². The molecule has 122 valence electrons. The van der Waals surface area contributed by atoms with Gasteiger partial charge in [0.1, 0.15) is 11.5 Å². The van der Waals surface area contributed by atoms with Gasteiger partial charge in [-0.1, -0.05) is 28.1 Å². The number of halogens is 1. The molecule has 1 amide bonds. The Balaban J connectivity index is 1.84. The zero-order valence-corrected chi connectivity index (χ0v) is 14.7. The van der Waals surface area contributed by atoms with E-state index in [-0.39, 0.29) is 11.5 Å². The average molecular weight is 388 g/mol. The van der Waals surface area contributed by atoms with Crippen LogP contribution in [-0.4, -0.2) is 30.9 Å². The Bertz CT molecular complexity index is 841. The predicted octanol–water partition coefficient (Wildman–Crippen LogP) is 4.13. The van der Waals surface area contributed by atoms with Crippen LogP contribution in [-0.2, 0) is 0 Å². The lowest BCUT2D eigenvalue weighted by Gasteiger charge is -2.10. The second kappa shape index (κ2) is 6.49. The molecular weight excluding hydrogens is 374 g/mol. The van der Waals surface area contributed by atoms with Crippen LogP contribution < -0.4 is 9.47 Å². The van der Waals surface area contributed by atoms with E-state index in [1.54, 1.807) is 32.3 Å². The number of amides is 1. The van der Waals surface area contributed by atoms with E-state index in [0.29, 0.717) is 17.1 Å². The van der Waals surface area contributed by atoms with Crippen molar-refractivity contribution >= 4 is 33.9 Å². The third kappa shape index (κ3) is 3.33. The van der Waals surface area contributed by atoms with Crippen molar-refractivity contribution in [1.29, 1.82) is 0 Å². The van der Waals surface area contributed by atoms with E-state index in [4.69, 9.17) is 9.47 Å². The molecule has 0 radical (unpaired) electrons. The molecule has 0 atom stereocenters. The van der Waals surface area contributed by atoms with Crippen LogP contribution in [0, 0.1) is 0 Å². The van der Waals surface area contributed by atoms with Gasteiger partial charge in [-0.05, 0) is 35.9 Å². The summed E-state index contributed by atoms with van der Waals surface area (Å²) in [6, 6.07) is 12.2. The zero-order valence-electron chi connectivity index (χ0n) is 13.1. The number of ketones is 1. The summed E-state index contributed by atoms with van der Waals surface area (Å²) in [6.07, 6.45) is 1.19. The zero-order chi connectivity index (χ0) is 17.3. The molecule has 6 heteroatoms. The molecule has 2 aromatic carbocycles. The first-order chi connectivity index (χ1) is 11.4. The van der Waals surface area contributed by atoms with Gasteiger partial charge in [0.2, 0.25) is 5.78 Å². The van der Waals surface area contributed by atoms with Crippen molar-refractivity contribution in [2.75, 3.05) is 14.1 Å². The van der Waals surface area contributed by atoms with Gasteiger partial charge in [0.05, 0.1) is 5.56 Å². The monoisotopic (exact) mass is 387 g/mol. The minimum Gasteiger partial charge on any atom is -0.452 e. The van der Waals surface area contributed by atoms with E-state index >= 15 is 0 Å². The Kier molecular flexibility index (Phi) is 4.40. The van der Waals surface area contributed by atoms with Crippen molar-refractivity contribution in [3.8, 4) is 11.5 Å². The number of nitrogens with zero attached hydrogens (tertiary/aromatic N) is 1. The van der Waals surface area contributed by atoms with Crippen molar-refractivity contribution in [1.82, 2.24) is 4.90 Å². The Morgan fingerprint density at radius 1 is 1.17 bits per heavy atom. The highest BCUT2D eigenvalue weighted by Crippen LogP contribution is 2.35. The summed E-state index contributed by atoms with van der Waals surface area (Å²) >= 11 is 3.37. The van der Waals surface area contributed by atoms with Crippen molar-refractivity contribution in [2.24, 2.45) is 0 Å². The van der Waals surface area contributed by atoms with Crippen LogP contribution in [0.4, 0.5) is 4.79 Å². The molecule has 0 spiro atoms. The Morgan fingerprint density at radius 2 is 1.88 bits per heavy atom. The van der Waals surface area contributed by atoms with Gasteiger partial charge in [0.15, 0.2) is 5.76 Å². The Labute approximate surface area is 147 Å². The maximum absolute atomic E-state index is 12.4. The second-order valence-corrected chi connectivity index (χ2v) is 6.33. The van der Waals surface area contributed by atoms with Gasteiger partial charge in [-0.3, -0.25) is 4.79 Å². The fourth-order valence-electron chi connectivity index (χ4n) is 2.13. The van der Waals surface area contributed by atoms with E-state index in [9.17, 15) is 9.59 Å². The molecule has 0 aromatic heterocycles. The van der Waals surface area contributed by atoms with Crippen LogP contribution in [0.15, 0.2) is 52.7 Å². The Hall–Kier alpha value is -2.60. The van der Waals surface area contributed by atoms with Crippen molar-refractivity contribution < 1.29 is 19.1 Å². The molecule has 0 bridgehead atoms. The van der Waals surface area contributed by atoms with Gasteiger partial charge in [0.25, 0.3) is 0 Å². The molecule has 0 unspecified atom stereocenters. The highest BCUT2D eigenvalue weighted by Gasteiger charge is 2.28. The van der Waals surface area contributed by atoms with Gasteiger partial charge in [-0.2, -0.15) is 0 Å². The smallest absolute Gasteiger partial charge is 0.414 e. The van der Waals surface area contributed by atoms with Crippen LogP contribution >= 0.6 is 15.9 Å². The number of hydrogen-bond donors (Lipinski definition) is 0. The first-order valence-electron chi connectivity index (χ1n) is 7.17. The fourth-order valence-corrected chi connectivity index (χ4v) is 2.40. The van der Waals surface area contributed by atoms with Gasteiger partial charge in [-0.25, -0.2) is 4.79 Å². The number of allylic oxidation sites excluding steroid dienone is 1. The lowest BCUT2D eigenvalue weighted by atomic mass is 10.1. The van der Waals surface area contributed by atoms with E-state index in [1.807, 2.05) is 24.3 Å². The van der Waals surface area contributed by atoms with E-state index < -0.39 is 6.09 Å². The van der Waals surface area contributed by atoms with Crippen molar-refractivity contribution in [3.63, 3.8) is 0 Å². The van der Waals surface area contributed by atoms with Crippen molar-refractivity contribution in [3.05, 3.63) is 63.8 Å². The number of carbonyl (C=O) groups is 2. The van der Waals surface area contributed by atoms with Crippen LogP contribution in [0.2, 0.25) is 0 Å². The molecule has 0 N–H and O–H groups in total. The summed E-state index contributed by atoms with van der Waals surface area (Å²) < 4.78 is 11.8. The maximum atomic E-state index is 12.4. The number of fused-ring (bicyclic) bond motifs is 1. The van der Waals surface area contributed by atoms with Gasteiger partial charge in [0, 0.05) is 24.6 Å². The van der Waals surface area contributed by atoms with Crippen molar-refractivity contribution in [2.45, 2.75) is 0 Å². The van der Waals surface area contributed by atoms with Crippen LogP contribution in [0.25, 0.3) is 6.08 Å². The lowest BCUT2D eigenvalue weighted by molar-refractivity contribution is 0.101. The summed E-state index contributed by atoms with van der Waals surface area (Å²) in [6.45, 7) is 0. The molecular formula is C18H14BrNO4. The molecule has 3 rings (SSSR count).